The van der Waals surface area contributed by atoms with E-state index in [4.69, 9.17) is 4.98 Å². The van der Waals surface area contributed by atoms with Crippen LogP contribution in [0.5, 0.6) is 0 Å². The molecule has 2 fully saturated rings. The molecule has 1 aromatic carbocycles. The van der Waals surface area contributed by atoms with E-state index < -0.39 is 9.84 Å². The zero-order valence-corrected chi connectivity index (χ0v) is 17.2. The highest BCUT2D eigenvalue weighted by Crippen LogP contribution is 2.32. The number of benzene rings is 1. The summed E-state index contributed by atoms with van der Waals surface area (Å²) in [5.41, 5.74) is 2.76. The van der Waals surface area contributed by atoms with Crippen LogP contribution in [0.4, 0.5) is 4.39 Å². The van der Waals surface area contributed by atoms with Crippen LogP contribution in [0.15, 0.2) is 30.3 Å². The highest BCUT2D eigenvalue weighted by molar-refractivity contribution is 7.91. The van der Waals surface area contributed by atoms with E-state index in [2.05, 4.69) is 10.4 Å². The van der Waals surface area contributed by atoms with Crippen molar-refractivity contribution < 1.29 is 17.6 Å². The van der Waals surface area contributed by atoms with Crippen molar-refractivity contribution in [2.45, 2.75) is 38.3 Å². The zero-order valence-electron chi connectivity index (χ0n) is 16.4. The highest BCUT2D eigenvalue weighted by Gasteiger charge is 2.33. The van der Waals surface area contributed by atoms with E-state index in [9.17, 15) is 17.6 Å². The van der Waals surface area contributed by atoms with Gasteiger partial charge in [-0.2, -0.15) is 5.10 Å². The van der Waals surface area contributed by atoms with Crippen LogP contribution >= 0.6 is 0 Å². The van der Waals surface area contributed by atoms with Gasteiger partial charge in [-0.3, -0.25) is 4.79 Å². The number of pyridine rings is 1. The number of nitrogens with one attached hydrogen (secondary N) is 1. The monoisotopic (exact) mass is 428 g/mol. The van der Waals surface area contributed by atoms with Gasteiger partial charge in [0.05, 0.1) is 39.9 Å². The van der Waals surface area contributed by atoms with Gasteiger partial charge in [-0.05, 0) is 56.5 Å². The van der Waals surface area contributed by atoms with Gasteiger partial charge in [0.2, 0.25) is 0 Å². The van der Waals surface area contributed by atoms with Crippen molar-refractivity contribution >= 4 is 26.8 Å². The molecule has 9 heteroatoms. The van der Waals surface area contributed by atoms with Crippen LogP contribution < -0.4 is 5.32 Å². The highest BCUT2D eigenvalue weighted by atomic mass is 32.2. The largest absolute Gasteiger partial charge is 0.349 e. The van der Waals surface area contributed by atoms with Crippen molar-refractivity contribution in [2.75, 3.05) is 11.5 Å². The molecule has 0 bridgehead atoms. The third-order valence-electron chi connectivity index (χ3n) is 5.69. The summed E-state index contributed by atoms with van der Waals surface area (Å²) in [4.78, 5) is 17.7. The Morgan fingerprint density at radius 1 is 1.20 bits per heavy atom. The third kappa shape index (κ3) is 3.47. The van der Waals surface area contributed by atoms with Gasteiger partial charge in [0.25, 0.3) is 5.91 Å². The molecule has 7 nitrogen and oxygen atoms in total. The molecule has 5 rings (SSSR count). The fraction of sp³-hybridized carbons (Fsp3) is 0.381. The smallest absolute Gasteiger partial charge is 0.252 e. The number of carbonyl (C=O) groups is 1. The Balaban J connectivity index is 1.70. The third-order valence-corrected chi connectivity index (χ3v) is 7.44. The summed E-state index contributed by atoms with van der Waals surface area (Å²) in [6.07, 6.45) is 2.39. The SMILES string of the molecule is Cc1nn(C2CCS(=O)(=O)C2)c2nc(-c3ccc(F)cc3)cc(C(=O)NC3CC3)c12. The van der Waals surface area contributed by atoms with Crippen molar-refractivity contribution in [3.8, 4) is 11.3 Å². The second-order valence-corrected chi connectivity index (χ2v) is 10.3. The van der Waals surface area contributed by atoms with Gasteiger partial charge in [-0.15, -0.1) is 0 Å². The van der Waals surface area contributed by atoms with Crippen molar-refractivity contribution in [1.29, 1.82) is 0 Å². The zero-order chi connectivity index (χ0) is 21.0. The molecular formula is C21H21FN4O3S. The molecule has 2 aliphatic rings. The normalized spacial score (nSPS) is 20.5. The minimum atomic E-state index is -3.11. The van der Waals surface area contributed by atoms with Crippen LogP contribution in [0.1, 0.15) is 41.4 Å². The number of amides is 1. The Labute approximate surface area is 173 Å². The number of nitrogens with zero attached hydrogens (tertiary/aromatic N) is 3. The maximum absolute atomic E-state index is 13.4. The average Bonchev–Trinajstić information content (AvgIpc) is 3.36. The average molecular weight is 428 g/mol. The van der Waals surface area contributed by atoms with Crippen molar-refractivity contribution in [2.24, 2.45) is 0 Å². The van der Waals surface area contributed by atoms with E-state index >= 15 is 0 Å². The minimum absolute atomic E-state index is 0.00921. The fourth-order valence-corrected chi connectivity index (χ4v) is 5.67. The van der Waals surface area contributed by atoms with Gasteiger partial charge in [0.15, 0.2) is 15.5 Å². The van der Waals surface area contributed by atoms with Gasteiger partial charge in [-0.25, -0.2) is 22.5 Å². The number of aryl methyl sites for hydroxylation is 1. The second-order valence-electron chi connectivity index (χ2n) is 8.10. The summed E-state index contributed by atoms with van der Waals surface area (Å²) < 4.78 is 39.1. The van der Waals surface area contributed by atoms with Crippen molar-refractivity contribution in [3.63, 3.8) is 0 Å². The van der Waals surface area contributed by atoms with Gasteiger partial charge in [0.1, 0.15) is 5.82 Å². The Morgan fingerprint density at radius 2 is 1.93 bits per heavy atom. The van der Waals surface area contributed by atoms with Gasteiger partial charge >= 0.3 is 0 Å². The lowest BCUT2D eigenvalue weighted by atomic mass is 10.0. The van der Waals surface area contributed by atoms with E-state index in [1.54, 1.807) is 29.8 Å². The maximum atomic E-state index is 13.4. The molecule has 2 aromatic heterocycles. The second kappa shape index (κ2) is 6.87. The molecule has 1 unspecified atom stereocenters. The summed E-state index contributed by atoms with van der Waals surface area (Å²) >= 11 is 0. The Bertz CT molecular complexity index is 1260. The summed E-state index contributed by atoms with van der Waals surface area (Å²) in [7, 11) is -3.11. The lowest BCUT2D eigenvalue weighted by molar-refractivity contribution is 0.0952. The van der Waals surface area contributed by atoms with Crippen LogP contribution in [0.2, 0.25) is 0 Å². The number of hydrogen-bond donors (Lipinski definition) is 1. The minimum Gasteiger partial charge on any atom is -0.349 e. The van der Waals surface area contributed by atoms with E-state index in [1.807, 2.05) is 0 Å². The molecule has 1 saturated carbocycles. The molecule has 156 valence electrons. The molecule has 1 N–H and O–H groups in total. The maximum Gasteiger partial charge on any atom is 0.252 e. The number of halogens is 1. The van der Waals surface area contributed by atoms with E-state index in [0.29, 0.717) is 40.0 Å². The van der Waals surface area contributed by atoms with E-state index in [0.717, 1.165) is 12.8 Å². The summed E-state index contributed by atoms with van der Waals surface area (Å²) in [6.45, 7) is 1.80. The predicted octanol–water partition coefficient (Wildman–Crippen LogP) is 2.80. The number of carbonyl (C=O) groups excluding carboxylic acids is 1. The predicted molar refractivity (Wildman–Crippen MR) is 110 cm³/mol. The van der Waals surface area contributed by atoms with E-state index in [-0.39, 0.29) is 35.3 Å². The van der Waals surface area contributed by atoms with Crippen LogP contribution in [-0.4, -0.2) is 46.6 Å². The molecule has 0 radical (unpaired) electrons. The van der Waals surface area contributed by atoms with Crippen LogP contribution in [0, 0.1) is 12.7 Å². The van der Waals surface area contributed by atoms with Crippen LogP contribution in [0.3, 0.4) is 0 Å². The topological polar surface area (TPSA) is 93.9 Å². The Morgan fingerprint density at radius 3 is 2.57 bits per heavy atom. The first kappa shape index (κ1) is 19.2. The first-order chi connectivity index (χ1) is 14.3. The van der Waals surface area contributed by atoms with Crippen molar-refractivity contribution in [1.82, 2.24) is 20.1 Å². The first-order valence-corrected chi connectivity index (χ1v) is 11.8. The summed E-state index contributed by atoms with van der Waals surface area (Å²) in [6, 6.07) is 7.48. The number of fused-ring (bicyclic) bond motifs is 1. The molecule has 3 aromatic rings. The molecular weight excluding hydrogens is 407 g/mol. The molecule has 0 spiro atoms. The summed E-state index contributed by atoms with van der Waals surface area (Å²) in [5.74, 6) is -0.432. The Kier molecular flexibility index (Phi) is 4.39. The van der Waals surface area contributed by atoms with E-state index in [1.165, 1.54) is 12.1 Å². The quantitative estimate of drug-likeness (QED) is 0.690. The summed E-state index contributed by atoms with van der Waals surface area (Å²) in [5, 5.41) is 8.21. The molecule has 1 atom stereocenters. The molecule has 3 heterocycles. The number of sulfone groups is 1. The first-order valence-electron chi connectivity index (χ1n) is 9.98. The molecule has 30 heavy (non-hydrogen) atoms. The van der Waals surface area contributed by atoms with Crippen molar-refractivity contribution in [3.05, 3.63) is 47.4 Å². The standard InChI is InChI=1S/C21H21FN4O3S/c1-12-19-17(21(27)23-15-6-7-15)10-18(13-2-4-14(22)5-3-13)24-20(19)26(25-12)16-8-9-30(28,29)11-16/h2-5,10,15-16H,6-9,11H2,1H3,(H,23,27). The van der Waals surface area contributed by atoms with Crippen LogP contribution in [0.25, 0.3) is 22.3 Å². The van der Waals surface area contributed by atoms with Gasteiger partial charge in [0, 0.05) is 11.6 Å². The fourth-order valence-electron chi connectivity index (χ4n) is 3.97. The lowest BCUT2D eigenvalue weighted by Gasteiger charge is -2.12. The molecule has 1 aliphatic heterocycles. The lowest BCUT2D eigenvalue weighted by Crippen LogP contribution is -2.25. The molecule has 1 amide bonds. The molecule has 1 aliphatic carbocycles. The number of rotatable bonds is 4. The van der Waals surface area contributed by atoms with Crippen LogP contribution in [-0.2, 0) is 9.84 Å². The number of hydrogen-bond acceptors (Lipinski definition) is 5. The number of aromatic nitrogens is 3. The molecule has 1 saturated heterocycles. The van der Waals surface area contributed by atoms with Gasteiger partial charge < -0.3 is 5.32 Å². The van der Waals surface area contributed by atoms with Gasteiger partial charge in [-0.1, -0.05) is 0 Å². The Hall–Kier alpha value is -2.81.